The Labute approximate surface area is 162 Å². The van der Waals surface area contributed by atoms with Gasteiger partial charge in [-0.05, 0) is 51.0 Å². The number of nitrogens with zero attached hydrogens (tertiary/aromatic N) is 4. The number of amides is 1. The van der Waals surface area contributed by atoms with Gasteiger partial charge < -0.3 is 14.7 Å². The van der Waals surface area contributed by atoms with E-state index in [4.69, 9.17) is 0 Å². The molecule has 0 N–H and O–H groups in total. The van der Waals surface area contributed by atoms with Crippen LogP contribution in [0, 0.1) is 13.8 Å². The van der Waals surface area contributed by atoms with Crippen LogP contribution in [0.15, 0.2) is 36.7 Å². The molecule has 1 fully saturated rings. The molecule has 2 heterocycles. The van der Waals surface area contributed by atoms with Crippen LogP contribution in [0.5, 0.6) is 0 Å². The van der Waals surface area contributed by atoms with E-state index in [1.165, 1.54) is 16.8 Å². The molecule has 0 radical (unpaired) electrons. The highest BCUT2D eigenvalue weighted by Gasteiger charge is 2.23. The SMILES string of the molecule is CCN(CC)c1cncc(C(=O)N2CCN(c3cccc(C)c3C)CC2)c1. The summed E-state index contributed by atoms with van der Waals surface area (Å²) < 4.78 is 0. The maximum atomic E-state index is 13.0. The number of hydrogen-bond donors (Lipinski definition) is 0. The van der Waals surface area contributed by atoms with Gasteiger partial charge in [-0.15, -0.1) is 0 Å². The average Bonchev–Trinajstić information content (AvgIpc) is 2.71. The first-order valence-electron chi connectivity index (χ1n) is 9.85. The van der Waals surface area contributed by atoms with Crippen molar-refractivity contribution in [1.82, 2.24) is 9.88 Å². The summed E-state index contributed by atoms with van der Waals surface area (Å²) in [5.41, 5.74) is 5.62. The molecule has 1 amide bonds. The highest BCUT2D eigenvalue weighted by Crippen LogP contribution is 2.24. The van der Waals surface area contributed by atoms with Crippen molar-refractivity contribution in [2.24, 2.45) is 0 Å². The van der Waals surface area contributed by atoms with Crippen molar-refractivity contribution >= 4 is 17.3 Å². The Bertz CT molecular complexity index is 793. The van der Waals surface area contributed by atoms with E-state index in [1.807, 2.05) is 17.2 Å². The van der Waals surface area contributed by atoms with Crippen molar-refractivity contribution in [3.8, 4) is 0 Å². The highest BCUT2D eigenvalue weighted by molar-refractivity contribution is 5.95. The van der Waals surface area contributed by atoms with Crippen LogP contribution in [0.1, 0.15) is 35.3 Å². The number of piperazine rings is 1. The summed E-state index contributed by atoms with van der Waals surface area (Å²) >= 11 is 0. The molecule has 2 aromatic rings. The minimum absolute atomic E-state index is 0.0807. The van der Waals surface area contributed by atoms with Crippen molar-refractivity contribution in [2.45, 2.75) is 27.7 Å². The van der Waals surface area contributed by atoms with Gasteiger partial charge in [0, 0.05) is 51.2 Å². The maximum Gasteiger partial charge on any atom is 0.255 e. The number of rotatable bonds is 5. The molecule has 5 nitrogen and oxygen atoms in total. The lowest BCUT2D eigenvalue weighted by Crippen LogP contribution is -2.49. The van der Waals surface area contributed by atoms with Crippen LogP contribution in [-0.2, 0) is 0 Å². The van der Waals surface area contributed by atoms with Gasteiger partial charge in [-0.3, -0.25) is 9.78 Å². The Morgan fingerprint density at radius 1 is 1.07 bits per heavy atom. The summed E-state index contributed by atoms with van der Waals surface area (Å²) in [4.78, 5) is 23.8. The zero-order valence-corrected chi connectivity index (χ0v) is 16.9. The van der Waals surface area contributed by atoms with Crippen LogP contribution in [0.3, 0.4) is 0 Å². The van der Waals surface area contributed by atoms with Gasteiger partial charge in [0.15, 0.2) is 0 Å². The lowest BCUT2D eigenvalue weighted by Gasteiger charge is -2.37. The number of aromatic nitrogens is 1. The normalized spacial score (nSPS) is 14.4. The number of anilines is 2. The van der Waals surface area contributed by atoms with Crippen LogP contribution >= 0.6 is 0 Å². The first-order chi connectivity index (χ1) is 13.0. The van der Waals surface area contributed by atoms with E-state index in [0.29, 0.717) is 5.56 Å². The molecule has 3 rings (SSSR count). The quantitative estimate of drug-likeness (QED) is 0.812. The first kappa shape index (κ1) is 19.2. The first-order valence-corrected chi connectivity index (χ1v) is 9.85. The molecule has 0 bridgehead atoms. The third-order valence-electron chi connectivity index (χ3n) is 5.58. The number of benzene rings is 1. The lowest BCUT2D eigenvalue weighted by atomic mass is 10.1. The fourth-order valence-electron chi connectivity index (χ4n) is 3.72. The molecule has 144 valence electrons. The monoisotopic (exact) mass is 366 g/mol. The second-order valence-corrected chi connectivity index (χ2v) is 7.10. The Morgan fingerprint density at radius 2 is 1.78 bits per heavy atom. The molecule has 1 aromatic carbocycles. The van der Waals surface area contributed by atoms with Gasteiger partial charge in [0.1, 0.15) is 0 Å². The van der Waals surface area contributed by atoms with Crippen molar-refractivity contribution < 1.29 is 4.79 Å². The van der Waals surface area contributed by atoms with Gasteiger partial charge in [0.2, 0.25) is 0 Å². The van der Waals surface area contributed by atoms with E-state index in [1.54, 1.807) is 6.20 Å². The summed E-state index contributed by atoms with van der Waals surface area (Å²) in [6, 6.07) is 8.41. The third kappa shape index (κ3) is 4.07. The van der Waals surface area contributed by atoms with Crippen molar-refractivity contribution in [2.75, 3.05) is 49.1 Å². The zero-order valence-electron chi connectivity index (χ0n) is 16.9. The summed E-state index contributed by atoms with van der Waals surface area (Å²) in [5.74, 6) is 0.0807. The Morgan fingerprint density at radius 3 is 2.44 bits per heavy atom. The van der Waals surface area contributed by atoms with E-state index in [2.05, 4.69) is 60.7 Å². The molecule has 5 heteroatoms. The molecular formula is C22H30N4O. The summed E-state index contributed by atoms with van der Waals surface area (Å²) in [5, 5.41) is 0. The van der Waals surface area contributed by atoms with E-state index in [-0.39, 0.29) is 5.91 Å². The average molecular weight is 367 g/mol. The lowest BCUT2D eigenvalue weighted by molar-refractivity contribution is 0.0746. The Balaban J connectivity index is 1.68. The van der Waals surface area contributed by atoms with Gasteiger partial charge in [-0.2, -0.15) is 0 Å². The van der Waals surface area contributed by atoms with Crippen LogP contribution in [0.4, 0.5) is 11.4 Å². The molecule has 0 unspecified atom stereocenters. The highest BCUT2D eigenvalue weighted by atomic mass is 16.2. The summed E-state index contributed by atoms with van der Waals surface area (Å²) in [6.07, 6.45) is 3.52. The van der Waals surface area contributed by atoms with Gasteiger partial charge in [-0.1, -0.05) is 12.1 Å². The van der Waals surface area contributed by atoms with Crippen molar-refractivity contribution in [1.29, 1.82) is 0 Å². The van der Waals surface area contributed by atoms with E-state index >= 15 is 0 Å². The smallest absolute Gasteiger partial charge is 0.255 e. The number of hydrogen-bond acceptors (Lipinski definition) is 4. The Hall–Kier alpha value is -2.56. The number of aryl methyl sites for hydroxylation is 1. The molecule has 1 aliphatic heterocycles. The largest absolute Gasteiger partial charge is 0.371 e. The van der Waals surface area contributed by atoms with Gasteiger partial charge in [-0.25, -0.2) is 0 Å². The van der Waals surface area contributed by atoms with Gasteiger partial charge >= 0.3 is 0 Å². The minimum Gasteiger partial charge on any atom is -0.371 e. The zero-order chi connectivity index (χ0) is 19.4. The molecule has 0 atom stereocenters. The summed E-state index contributed by atoms with van der Waals surface area (Å²) in [6.45, 7) is 13.6. The second kappa shape index (κ2) is 8.42. The maximum absolute atomic E-state index is 13.0. The molecule has 27 heavy (non-hydrogen) atoms. The van der Waals surface area contributed by atoms with Gasteiger partial charge in [0.25, 0.3) is 5.91 Å². The number of carbonyl (C=O) groups excluding carboxylic acids is 1. The van der Waals surface area contributed by atoms with Crippen LogP contribution in [-0.4, -0.2) is 55.1 Å². The fourth-order valence-corrected chi connectivity index (χ4v) is 3.72. The molecule has 1 aliphatic rings. The van der Waals surface area contributed by atoms with Crippen molar-refractivity contribution in [3.63, 3.8) is 0 Å². The summed E-state index contributed by atoms with van der Waals surface area (Å²) in [7, 11) is 0. The fraction of sp³-hybridized carbons (Fsp3) is 0.455. The predicted molar refractivity (Wildman–Crippen MR) is 112 cm³/mol. The number of carbonyl (C=O) groups is 1. The molecular weight excluding hydrogens is 336 g/mol. The van der Waals surface area contributed by atoms with E-state index in [0.717, 1.165) is 45.0 Å². The molecule has 0 aliphatic carbocycles. The molecule has 0 spiro atoms. The van der Waals surface area contributed by atoms with Crippen LogP contribution < -0.4 is 9.80 Å². The third-order valence-corrected chi connectivity index (χ3v) is 5.58. The number of pyridine rings is 1. The van der Waals surface area contributed by atoms with E-state index < -0.39 is 0 Å². The van der Waals surface area contributed by atoms with Crippen LogP contribution in [0.25, 0.3) is 0 Å². The van der Waals surface area contributed by atoms with E-state index in [9.17, 15) is 4.79 Å². The standard InChI is InChI=1S/C22H30N4O/c1-5-24(6-2)20-14-19(15-23-16-20)22(27)26-12-10-25(11-13-26)21-9-7-8-17(3)18(21)4/h7-9,14-16H,5-6,10-13H2,1-4H3. The van der Waals surface area contributed by atoms with Crippen LogP contribution in [0.2, 0.25) is 0 Å². The second-order valence-electron chi connectivity index (χ2n) is 7.10. The predicted octanol–water partition coefficient (Wildman–Crippen LogP) is 3.51. The molecule has 1 saturated heterocycles. The molecule has 0 saturated carbocycles. The Kier molecular flexibility index (Phi) is 5.99. The van der Waals surface area contributed by atoms with Crippen molar-refractivity contribution in [3.05, 3.63) is 53.3 Å². The topological polar surface area (TPSA) is 39.7 Å². The minimum atomic E-state index is 0.0807. The molecule has 1 aromatic heterocycles. The van der Waals surface area contributed by atoms with Gasteiger partial charge in [0.05, 0.1) is 17.4 Å².